The molecule has 2 aliphatic rings. The van der Waals surface area contributed by atoms with E-state index in [2.05, 4.69) is 28.2 Å². The summed E-state index contributed by atoms with van der Waals surface area (Å²) >= 11 is 3.40. The van der Waals surface area contributed by atoms with E-state index in [4.69, 9.17) is 4.74 Å². The minimum absolute atomic E-state index is 0.135. The first-order valence-corrected chi connectivity index (χ1v) is 8.24. The molecule has 0 bridgehead atoms. The SMILES string of the molecule is CCOC1CC(NCc2cc(Br)ccc2F)C12CCC2. The number of hydrogen-bond donors (Lipinski definition) is 1. The number of ether oxygens (including phenoxy) is 1. The zero-order valence-corrected chi connectivity index (χ0v) is 13.4. The molecule has 0 aliphatic heterocycles. The standard InChI is InChI=1S/C16H21BrFNO/c1-2-20-15-9-14(16(15)6-3-7-16)19-10-11-8-12(17)4-5-13(11)18/h4-5,8,14-15,19H,2-3,6-7,9-10H2,1H3. The predicted octanol–water partition coefficient (Wildman–Crippen LogP) is 4.03. The number of benzene rings is 1. The maximum atomic E-state index is 13.7. The van der Waals surface area contributed by atoms with Gasteiger partial charge >= 0.3 is 0 Å². The summed E-state index contributed by atoms with van der Waals surface area (Å²) < 4.78 is 20.5. The van der Waals surface area contributed by atoms with E-state index in [1.165, 1.54) is 25.3 Å². The number of rotatable bonds is 5. The molecule has 2 nitrogen and oxygen atoms in total. The van der Waals surface area contributed by atoms with Crippen LogP contribution in [0.3, 0.4) is 0 Å². The molecule has 1 N–H and O–H groups in total. The summed E-state index contributed by atoms with van der Waals surface area (Å²) in [6.07, 6.45) is 5.26. The molecular weight excluding hydrogens is 321 g/mol. The molecule has 0 aromatic heterocycles. The minimum Gasteiger partial charge on any atom is -0.378 e. The van der Waals surface area contributed by atoms with Crippen molar-refractivity contribution in [1.82, 2.24) is 5.32 Å². The highest BCUT2D eigenvalue weighted by atomic mass is 79.9. The fourth-order valence-electron chi connectivity index (χ4n) is 3.64. The van der Waals surface area contributed by atoms with Crippen molar-refractivity contribution in [3.05, 3.63) is 34.1 Å². The van der Waals surface area contributed by atoms with Crippen molar-refractivity contribution in [2.45, 2.75) is 51.3 Å². The average Bonchev–Trinajstić information content (AvgIpc) is 2.34. The Balaban J connectivity index is 1.61. The molecule has 1 aromatic rings. The predicted molar refractivity (Wildman–Crippen MR) is 81.0 cm³/mol. The van der Waals surface area contributed by atoms with Gasteiger partial charge in [0.05, 0.1) is 6.10 Å². The van der Waals surface area contributed by atoms with Gasteiger partial charge in [-0.1, -0.05) is 22.4 Å². The smallest absolute Gasteiger partial charge is 0.127 e. The molecule has 3 rings (SSSR count). The van der Waals surface area contributed by atoms with Crippen molar-refractivity contribution >= 4 is 15.9 Å². The molecule has 0 saturated heterocycles. The largest absolute Gasteiger partial charge is 0.378 e. The van der Waals surface area contributed by atoms with Crippen LogP contribution in [0.15, 0.2) is 22.7 Å². The lowest BCUT2D eigenvalue weighted by Crippen LogP contribution is -2.66. The van der Waals surface area contributed by atoms with E-state index in [0.717, 1.165) is 23.1 Å². The molecule has 2 fully saturated rings. The van der Waals surface area contributed by atoms with Crippen LogP contribution in [0.4, 0.5) is 4.39 Å². The molecule has 0 heterocycles. The van der Waals surface area contributed by atoms with Crippen LogP contribution in [0.25, 0.3) is 0 Å². The zero-order valence-electron chi connectivity index (χ0n) is 11.8. The first-order valence-electron chi connectivity index (χ1n) is 7.44. The second kappa shape index (κ2) is 5.74. The van der Waals surface area contributed by atoms with Crippen LogP contribution in [0.1, 0.15) is 38.2 Å². The third-order valence-corrected chi connectivity index (χ3v) is 5.48. The molecule has 20 heavy (non-hydrogen) atoms. The van der Waals surface area contributed by atoms with Crippen LogP contribution < -0.4 is 5.32 Å². The third kappa shape index (κ3) is 2.42. The maximum Gasteiger partial charge on any atom is 0.127 e. The summed E-state index contributed by atoms with van der Waals surface area (Å²) in [5.41, 5.74) is 1.06. The van der Waals surface area contributed by atoms with Gasteiger partial charge in [0.2, 0.25) is 0 Å². The Morgan fingerprint density at radius 3 is 2.90 bits per heavy atom. The van der Waals surface area contributed by atoms with Gasteiger partial charge < -0.3 is 10.1 Å². The van der Waals surface area contributed by atoms with Gasteiger partial charge in [0.1, 0.15) is 5.82 Å². The second-order valence-electron chi connectivity index (χ2n) is 5.94. The first-order chi connectivity index (χ1) is 9.65. The number of halogens is 2. The van der Waals surface area contributed by atoms with Gasteiger partial charge in [0.25, 0.3) is 0 Å². The summed E-state index contributed by atoms with van der Waals surface area (Å²) in [5.74, 6) is -0.135. The van der Waals surface area contributed by atoms with Crippen molar-refractivity contribution in [1.29, 1.82) is 0 Å². The molecule has 0 radical (unpaired) electrons. The summed E-state index contributed by atoms with van der Waals surface area (Å²) in [6, 6.07) is 5.59. The molecular formula is C16H21BrFNO. The lowest BCUT2D eigenvalue weighted by molar-refractivity contribution is -0.173. The van der Waals surface area contributed by atoms with Crippen LogP contribution in [-0.4, -0.2) is 18.8 Å². The molecule has 2 aliphatic carbocycles. The van der Waals surface area contributed by atoms with Gasteiger partial charge in [-0.05, 0) is 44.4 Å². The van der Waals surface area contributed by atoms with Crippen molar-refractivity contribution in [2.24, 2.45) is 5.41 Å². The summed E-state index contributed by atoms with van der Waals surface area (Å²) in [7, 11) is 0. The van der Waals surface area contributed by atoms with Crippen LogP contribution in [0, 0.1) is 11.2 Å². The molecule has 1 spiro atoms. The lowest BCUT2D eigenvalue weighted by Gasteiger charge is -2.61. The van der Waals surface area contributed by atoms with Gasteiger partial charge in [-0.15, -0.1) is 0 Å². The molecule has 0 amide bonds. The van der Waals surface area contributed by atoms with E-state index in [9.17, 15) is 4.39 Å². The monoisotopic (exact) mass is 341 g/mol. The van der Waals surface area contributed by atoms with Crippen LogP contribution in [-0.2, 0) is 11.3 Å². The number of nitrogens with one attached hydrogen (secondary N) is 1. The highest BCUT2D eigenvalue weighted by Crippen LogP contribution is 2.57. The maximum absolute atomic E-state index is 13.7. The molecule has 4 heteroatoms. The van der Waals surface area contributed by atoms with Crippen molar-refractivity contribution in [3.63, 3.8) is 0 Å². The topological polar surface area (TPSA) is 21.3 Å². The van der Waals surface area contributed by atoms with E-state index < -0.39 is 0 Å². The zero-order chi connectivity index (χ0) is 14.2. The van der Waals surface area contributed by atoms with Crippen LogP contribution in [0.5, 0.6) is 0 Å². The molecule has 2 saturated carbocycles. The Bertz CT molecular complexity index is 489. The van der Waals surface area contributed by atoms with E-state index in [0.29, 0.717) is 24.1 Å². The van der Waals surface area contributed by atoms with E-state index in [-0.39, 0.29) is 5.82 Å². The Kier molecular flexibility index (Phi) is 4.16. The minimum atomic E-state index is -0.135. The Labute approximate surface area is 128 Å². The average molecular weight is 342 g/mol. The van der Waals surface area contributed by atoms with Gasteiger partial charge in [-0.25, -0.2) is 4.39 Å². The highest BCUT2D eigenvalue weighted by molar-refractivity contribution is 9.10. The Hall–Kier alpha value is -0.450. The molecule has 110 valence electrons. The van der Waals surface area contributed by atoms with E-state index in [1.807, 2.05) is 6.07 Å². The Morgan fingerprint density at radius 2 is 2.25 bits per heavy atom. The normalized spacial score (nSPS) is 27.1. The number of hydrogen-bond acceptors (Lipinski definition) is 2. The molecule has 2 atom stereocenters. The molecule has 2 unspecified atom stereocenters. The quantitative estimate of drug-likeness (QED) is 0.873. The van der Waals surface area contributed by atoms with Crippen LogP contribution in [0.2, 0.25) is 0 Å². The van der Waals surface area contributed by atoms with Crippen molar-refractivity contribution in [2.75, 3.05) is 6.61 Å². The molecule has 1 aromatic carbocycles. The lowest BCUT2D eigenvalue weighted by atomic mass is 9.51. The van der Waals surface area contributed by atoms with E-state index >= 15 is 0 Å². The fourth-order valence-corrected chi connectivity index (χ4v) is 4.05. The van der Waals surface area contributed by atoms with Gasteiger partial charge in [-0.2, -0.15) is 0 Å². The fraction of sp³-hybridized carbons (Fsp3) is 0.625. The second-order valence-corrected chi connectivity index (χ2v) is 6.85. The van der Waals surface area contributed by atoms with Gasteiger partial charge in [-0.3, -0.25) is 0 Å². The third-order valence-electron chi connectivity index (χ3n) is 4.98. The van der Waals surface area contributed by atoms with Gasteiger partial charge in [0, 0.05) is 34.6 Å². The summed E-state index contributed by atoms with van der Waals surface area (Å²) in [4.78, 5) is 0. The van der Waals surface area contributed by atoms with Crippen molar-refractivity contribution < 1.29 is 9.13 Å². The van der Waals surface area contributed by atoms with Crippen molar-refractivity contribution in [3.8, 4) is 0 Å². The van der Waals surface area contributed by atoms with Crippen LogP contribution >= 0.6 is 15.9 Å². The summed E-state index contributed by atoms with van der Waals surface area (Å²) in [6.45, 7) is 3.44. The summed E-state index contributed by atoms with van der Waals surface area (Å²) in [5, 5.41) is 3.54. The Morgan fingerprint density at radius 1 is 1.45 bits per heavy atom. The first kappa shape index (κ1) is 14.5. The van der Waals surface area contributed by atoms with Gasteiger partial charge in [0.15, 0.2) is 0 Å². The van der Waals surface area contributed by atoms with E-state index in [1.54, 1.807) is 6.07 Å². The highest BCUT2D eigenvalue weighted by Gasteiger charge is 2.58.